The largest absolute Gasteiger partial charge is 0.323 e. The molecular weight excluding hydrogens is 247 g/mol. The number of benzene rings is 1. The van der Waals surface area contributed by atoms with Gasteiger partial charge in [-0.1, -0.05) is 17.7 Å². The van der Waals surface area contributed by atoms with Crippen molar-refractivity contribution >= 4 is 22.9 Å². The molecule has 0 amide bonds. The van der Waals surface area contributed by atoms with Gasteiger partial charge in [-0.05, 0) is 18.6 Å². The zero-order chi connectivity index (χ0) is 11.5. The molecule has 1 aromatic carbocycles. The van der Waals surface area contributed by atoms with E-state index in [0.717, 1.165) is 4.88 Å². The maximum atomic E-state index is 13.5. The first-order chi connectivity index (χ1) is 7.68. The lowest BCUT2D eigenvalue weighted by Gasteiger charge is -2.11. The highest BCUT2D eigenvalue weighted by Gasteiger charge is 2.14. The van der Waals surface area contributed by atoms with Crippen molar-refractivity contribution in [1.29, 1.82) is 0 Å². The summed E-state index contributed by atoms with van der Waals surface area (Å²) in [7, 11) is 0. The molecule has 16 heavy (non-hydrogen) atoms. The first kappa shape index (κ1) is 11.5. The Morgan fingerprint density at radius 3 is 2.94 bits per heavy atom. The molecule has 2 nitrogen and oxygen atoms in total. The topological polar surface area (TPSA) is 38.9 Å². The van der Waals surface area contributed by atoms with Crippen LogP contribution in [0.25, 0.3) is 0 Å². The van der Waals surface area contributed by atoms with Crippen molar-refractivity contribution in [3.63, 3.8) is 0 Å². The molecule has 2 aromatic rings. The maximum absolute atomic E-state index is 13.5. The van der Waals surface area contributed by atoms with Gasteiger partial charge in [0.1, 0.15) is 5.82 Å². The summed E-state index contributed by atoms with van der Waals surface area (Å²) in [5.74, 6) is -0.313. The molecule has 0 aliphatic carbocycles. The zero-order valence-corrected chi connectivity index (χ0v) is 9.93. The molecule has 1 unspecified atom stereocenters. The normalized spacial score (nSPS) is 12.7. The molecule has 0 aliphatic heterocycles. The molecule has 0 fully saturated rings. The van der Waals surface area contributed by atoms with Crippen molar-refractivity contribution in [1.82, 2.24) is 4.98 Å². The minimum Gasteiger partial charge on any atom is -0.323 e. The van der Waals surface area contributed by atoms with Crippen molar-refractivity contribution in [2.45, 2.75) is 12.5 Å². The maximum Gasteiger partial charge on any atom is 0.127 e. The van der Waals surface area contributed by atoms with Crippen LogP contribution in [-0.2, 0) is 6.42 Å². The van der Waals surface area contributed by atoms with E-state index in [9.17, 15) is 4.39 Å². The Kier molecular flexibility index (Phi) is 3.53. The van der Waals surface area contributed by atoms with E-state index in [1.807, 2.05) is 0 Å². The van der Waals surface area contributed by atoms with Crippen molar-refractivity contribution < 1.29 is 4.39 Å². The molecule has 1 aromatic heterocycles. The first-order valence-electron chi connectivity index (χ1n) is 4.75. The van der Waals surface area contributed by atoms with Crippen LogP contribution < -0.4 is 5.73 Å². The third-order valence-corrected chi connectivity index (χ3v) is 3.56. The summed E-state index contributed by atoms with van der Waals surface area (Å²) < 4.78 is 13.5. The van der Waals surface area contributed by atoms with Gasteiger partial charge < -0.3 is 5.73 Å². The lowest BCUT2D eigenvalue weighted by Crippen LogP contribution is -2.13. The second-order valence-electron chi connectivity index (χ2n) is 3.41. The fourth-order valence-electron chi connectivity index (χ4n) is 1.46. The summed E-state index contributed by atoms with van der Waals surface area (Å²) in [4.78, 5) is 4.87. The first-order valence-corrected chi connectivity index (χ1v) is 6.01. The van der Waals surface area contributed by atoms with Crippen LogP contribution in [0.2, 0.25) is 5.02 Å². The van der Waals surface area contributed by atoms with Gasteiger partial charge in [0.2, 0.25) is 0 Å². The fraction of sp³-hybridized carbons (Fsp3) is 0.182. The van der Waals surface area contributed by atoms with E-state index >= 15 is 0 Å². The van der Waals surface area contributed by atoms with Crippen LogP contribution in [0.1, 0.15) is 16.5 Å². The summed E-state index contributed by atoms with van der Waals surface area (Å²) in [6.45, 7) is 0. The zero-order valence-electron chi connectivity index (χ0n) is 8.36. The Morgan fingerprint density at radius 1 is 1.50 bits per heavy atom. The van der Waals surface area contributed by atoms with E-state index in [1.54, 1.807) is 23.8 Å². The van der Waals surface area contributed by atoms with E-state index in [4.69, 9.17) is 17.3 Å². The highest BCUT2D eigenvalue weighted by atomic mass is 35.5. The predicted molar refractivity (Wildman–Crippen MR) is 64.2 cm³/mol. The number of hydrogen-bond acceptors (Lipinski definition) is 3. The molecule has 5 heteroatoms. The number of thiazole rings is 1. The van der Waals surface area contributed by atoms with Gasteiger partial charge in [-0.2, -0.15) is 0 Å². The number of nitrogens with zero attached hydrogens (tertiary/aromatic N) is 1. The molecule has 2 rings (SSSR count). The molecule has 1 heterocycles. The number of nitrogens with two attached hydrogens (primary N) is 1. The van der Waals surface area contributed by atoms with E-state index in [1.165, 1.54) is 17.4 Å². The Labute approximate surface area is 102 Å². The fourth-order valence-corrected chi connectivity index (χ4v) is 2.32. The average Bonchev–Trinajstić information content (AvgIpc) is 2.76. The number of rotatable bonds is 3. The molecule has 0 aliphatic rings. The summed E-state index contributed by atoms with van der Waals surface area (Å²) in [6, 6.07) is 4.38. The SMILES string of the molecule is NC(Cc1c(F)cccc1Cl)c1cncs1. The summed E-state index contributed by atoms with van der Waals surface area (Å²) in [5, 5.41) is 0.417. The van der Waals surface area contributed by atoms with Crippen molar-refractivity contribution in [3.05, 3.63) is 51.2 Å². The third kappa shape index (κ3) is 2.40. The average molecular weight is 257 g/mol. The van der Waals surface area contributed by atoms with Gasteiger partial charge in [0.25, 0.3) is 0 Å². The van der Waals surface area contributed by atoms with Gasteiger partial charge in [0, 0.05) is 27.7 Å². The second-order valence-corrected chi connectivity index (χ2v) is 4.74. The van der Waals surface area contributed by atoms with Gasteiger partial charge in [-0.3, -0.25) is 4.98 Å². The molecule has 0 radical (unpaired) electrons. The third-order valence-electron chi connectivity index (χ3n) is 2.30. The lowest BCUT2D eigenvalue weighted by molar-refractivity contribution is 0.595. The Hall–Kier alpha value is -0.970. The lowest BCUT2D eigenvalue weighted by atomic mass is 10.1. The van der Waals surface area contributed by atoms with Crippen LogP contribution in [0.5, 0.6) is 0 Å². The van der Waals surface area contributed by atoms with E-state index in [0.29, 0.717) is 17.0 Å². The monoisotopic (exact) mass is 256 g/mol. The number of aromatic nitrogens is 1. The second kappa shape index (κ2) is 4.91. The molecular formula is C11H10ClFN2S. The molecule has 0 bridgehead atoms. The molecule has 1 atom stereocenters. The van der Waals surface area contributed by atoms with Crippen molar-refractivity contribution in [2.24, 2.45) is 5.73 Å². The molecule has 0 saturated heterocycles. The van der Waals surface area contributed by atoms with E-state index in [2.05, 4.69) is 4.98 Å². The molecule has 0 spiro atoms. The van der Waals surface area contributed by atoms with Crippen LogP contribution in [0.15, 0.2) is 29.9 Å². The van der Waals surface area contributed by atoms with Crippen LogP contribution >= 0.6 is 22.9 Å². The van der Waals surface area contributed by atoms with Crippen LogP contribution in [0.3, 0.4) is 0 Å². The van der Waals surface area contributed by atoms with Crippen molar-refractivity contribution in [3.8, 4) is 0 Å². The van der Waals surface area contributed by atoms with E-state index in [-0.39, 0.29) is 11.9 Å². The smallest absolute Gasteiger partial charge is 0.127 e. The Morgan fingerprint density at radius 2 is 2.31 bits per heavy atom. The minimum atomic E-state index is -0.313. The van der Waals surface area contributed by atoms with Crippen LogP contribution in [0, 0.1) is 5.82 Å². The van der Waals surface area contributed by atoms with Crippen LogP contribution in [0.4, 0.5) is 4.39 Å². The predicted octanol–water partition coefficient (Wildman–Crippen LogP) is 3.18. The molecule has 0 saturated carbocycles. The Balaban J connectivity index is 2.21. The number of hydrogen-bond donors (Lipinski definition) is 1. The van der Waals surface area contributed by atoms with Crippen molar-refractivity contribution in [2.75, 3.05) is 0 Å². The van der Waals surface area contributed by atoms with Gasteiger partial charge in [0.05, 0.1) is 5.51 Å². The minimum absolute atomic E-state index is 0.262. The van der Waals surface area contributed by atoms with Crippen LogP contribution in [-0.4, -0.2) is 4.98 Å². The molecule has 2 N–H and O–H groups in total. The highest BCUT2D eigenvalue weighted by molar-refractivity contribution is 7.09. The quantitative estimate of drug-likeness (QED) is 0.916. The van der Waals surface area contributed by atoms with Gasteiger partial charge in [0.15, 0.2) is 0 Å². The number of halogens is 2. The summed E-state index contributed by atoms with van der Waals surface area (Å²) in [5.41, 5.74) is 8.12. The Bertz CT molecular complexity index is 453. The van der Waals surface area contributed by atoms with Gasteiger partial charge in [-0.25, -0.2) is 4.39 Å². The summed E-state index contributed by atoms with van der Waals surface area (Å²) >= 11 is 7.39. The molecule has 84 valence electrons. The standard InChI is InChI=1S/C11H10ClFN2S/c12-8-2-1-3-9(13)7(8)4-10(14)11-5-15-6-16-11/h1-3,5-6,10H,4,14H2. The van der Waals surface area contributed by atoms with Gasteiger partial charge in [-0.15, -0.1) is 11.3 Å². The van der Waals surface area contributed by atoms with E-state index < -0.39 is 0 Å². The van der Waals surface area contributed by atoms with Gasteiger partial charge >= 0.3 is 0 Å². The summed E-state index contributed by atoms with van der Waals surface area (Å²) in [6.07, 6.45) is 2.08. The highest BCUT2D eigenvalue weighted by Crippen LogP contribution is 2.25.